The van der Waals surface area contributed by atoms with Crippen LogP contribution in [0.4, 0.5) is 10.1 Å². The van der Waals surface area contributed by atoms with Crippen molar-refractivity contribution in [3.05, 3.63) is 40.7 Å². The third-order valence-corrected chi connectivity index (χ3v) is 7.07. The minimum absolute atomic E-state index is 0.0914. The van der Waals surface area contributed by atoms with E-state index in [1.165, 1.54) is 30.2 Å². The predicted molar refractivity (Wildman–Crippen MR) is 113 cm³/mol. The Bertz CT molecular complexity index is 1090. The highest BCUT2D eigenvalue weighted by Crippen LogP contribution is 2.48. The Morgan fingerprint density at radius 2 is 2.21 bits per heavy atom. The molecule has 2 aliphatic rings. The minimum Gasteiger partial charge on any atom is -0.396 e. The third-order valence-electron chi connectivity index (χ3n) is 5.87. The van der Waals surface area contributed by atoms with Crippen LogP contribution in [0.25, 0.3) is 21.6 Å². The van der Waals surface area contributed by atoms with Gasteiger partial charge in [-0.3, -0.25) is 4.99 Å². The molecule has 5 nitrogen and oxygen atoms in total. The van der Waals surface area contributed by atoms with Crippen LogP contribution < -0.4 is 11.1 Å². The number of nitrogens with zero attached hydrogens (tertiary/aromatic N) is 3. The number of thiophene rings is 1. The summed E-state index contributed by atoms with van der Waals surface area (Å²) in [6.45, 7) is 1.09. The van der Waals surface area contributed by atoms with Gasteiger partial charge in [-0.15, -0.1) is 11.3 Å². The third kappa shape index (κ3) is 3.08. The van der Waals surface area contributed by atoms with Gasteiger partial charge in [0, 0.05) is 46.4 Å². The molecule has 3 aromatic rings. The van der Waals surface area contributed by atoms with Gasteiger partial charge < -0.3 is 11.1 Å². The Kier molecular flexibility index (Phi) is 4.17. The Labute approximate surface area is 166 Å². The fourth-order valence-electron chi connectivity index (χ4n) is 4.14. The molecular weight excluding hydrogens is 373 g/mol. The number of halogens is 1. The van der Waals surface area contributed by atoms with Crippen molar-refractivity contribution in [2.75, 3.05) is 19.3 Å². The lowest BCUT2D eigenvalue weighted by Gasteiger charge is -2.29. The van der Waals surface area contributed by atoms with Crippen LogP contribution in [0.3, 0.4) is 0 Å². The van der Waals surface area contributed by atoms with E-state index in [2.05, 4.69) is 21.4 Å². The number of piperidine rings is 1. The van der Waals surface area contributed by atoms with E-state index in [9.17, 15) is 4.39 Å². The number of rotatable bonds is 3. The van der Waals surface area contributed by atoms with Crippen LogP contribution in [0.5, 0.6) is 0 Å². The quantitative estimate of drug-likeness (QED) is 0.516. The summed E-state index contributed by atoms with van der Waals surface area (Å²) in [5, 5.41) is 4.73. The van der Waals surface area contributed by atoms with Gasteiger partial charge in [-0.2, -0.15) is 0 Å². The van der Waals surface area contributed by atoms with E-state index in [1.54, 1.807) is 30.7 Å². The molecule has 28 heavy (non-hydrogen) atoms. The molecule has 5 rings (SSSR count). The number of aliphatic imine (C=N–C) groups is 1. The van der Waals surface area contributed by atoms with Crippen molar-refractivity contribution in [1.29, 1.82) is 0 Å². The molecule has 3 heterocycles. The maximum absolute atomic E-state index is 14.2. The maximum Gasteiger partial charge on any atom is 0.160 e. The van der Waals surface area contributed by atoms with Gasteiger partial charge in [-0.25, -0.2) is 14.4 Å². The molecule has 1 saturated heterocycles. The van der Waals surface area contributed by atoms with Gasteiger partial charge in [-0.05, 0) is 56.3 Å². The first-order chi connectivity index (χ1) is 13.6. The maximum atomic E-state index is 14.2. The van der Waals surface area contributed by atoms with Crippen molar-refractivity contribution < 1.29 is 4.39 Å². The summed E-state index contributed by atoms with van der Waals surface area (Å²) in [6.07, 6.45) is 8.36. The van der Waals surface area contributed by atoms with Crippen LogP contribution in [-0.2, 0) is 0 Å². The predicted octanol–water partition coefficient (Wildman–Crippen LogP) is 4.13. The molecule has 7 heteroatoms. The smallest absolute Gasteiger partial charge is 0.160 e. The minimum atomic E-state index is -0.479. The number of nitrogens with two attached hydrogens (primary N) is 1. The summed E-state index contributed by atoms with van der Waals surface area (Å²) < 4.78 is 14.2. The number of hydrogen-bond donors (Lipinski definition) is 2. The molecule has 1 atom stereocenters. The molecule has 3 N–H and O–H groups in total. The first-order valence-electron chi connectivity index (χ1n) is 9.60. The molecule has 0 amide bonds. The number of hydrogen-bond acceptors (Lipinski definition) is 6. The number of fused-ring (bicyclic) bond motifs is 1. The van der Waals surface area contributed by atoms with Crippen LogP contribution in [-0.4, -0.2) is 35.3 Å². The Hall–Kier alpha value is -2.38. The number of aromatic nitrogens is 2. The molecule has 0 bridgehead atoms. The van der Waals surface area contributed by atoms with Crippen molar-refractivity contribution in [3.63, 3.8) is 0 Å². The van der Waals surface area contributed by atoms with Crippen LogP contribution in [0, 0.1) is 5.82 Å². The summed E-state index contributed by atoms with van der Waals surface area (Å²) in [5.74, 6) is 0.620. The van der Waals surface area contributed by atoms with Gasteiger partial charge in [-0.1, -0.05) is 0 Å². The van der Waals surface area contributed by atoms with E-state index in [1.807, 2.05) is 6.20 Å². The summed E-state index contributed by atoms with van der Waals surface area (Å²) >= 11 is 1.74. The summed E-state index contributed by atoms with van der Waals surface area (Å²) in [4.78, 5) is 15.5. The van der Waals surface area contributed by atoms with Gasteiger partial charge >= 0.3 is 0 Å². The largest absolute Gasteiger partial charge is 0.396 e. The zero-order valence-corrected chi connectivity index (χ0v) is 16.5. The molecule has 1 spiro atoms. The van der Waals surface area contributed by atoms with Crippen molar-refractivity contribution in [2.45, 2.75) is 37.1 Å². The van der Waals surface area contributed by atoms with Crippen LogP contribution in [0.15, 0.2) is 29.4 Å². The molecule has 0 radical (unpaired) electrons. The lowest BCUT2D eigenvalue weighted by molar-refractivity contribution is 0.349. The van der Waals surface area contributed by atoms with E-state index >= 15 is 0 Å². The molecule has 1 saturated carbocycles. The molecule has 1 unspecified atom stereocenters. The van der Waals surface area contributed by atoms with Gasteiger partial charge in [0.1, 0.15) is 10.6 Å². The molecule has 1 aliphatic carbocycles. The highest BCUT2D eigenvalue weighted by Gasteiger charge is 2.46. The van der Waals surface area contributed by atoms with E-state index in [4.69, 9.17) is 10.7 Å². The summed E-state index contributed by atoms with van der Waals surface area (Å²) in [5.41, 5.74) is 7.45. The van der Waals surface area contributed by atoms with Crippen LogP contribution in [0.1, 0.15) is 42.0 Å². The van der Waals surface area contributed by atoms with Crippen molar-refractivity contribution in [2.24, 2.45) is 4.99 Å². The monoisotopic (exact) mass is 395 g/mol. The second-order valence-electron chi connectivity index (χ2n) is 7.85. The normalized spacial score (nSPS) is 21.0. The molecule has 1 aliphatic heterocycles. The SMILES string of the molecule is CN=Cc1cc(-c2ncc3cc(C4CCNC5(CC5)C4)sc3n2)cc(F)c1N. The first kappa shape index (κ1) is 17.7. The van der Waals surface area contributed by atoms with Crippen molar-refractivity contribution in [3.8, 4) is 11.4 Å². The van der Waals surface area contributed by atoms with E-state index in [-0.39, 0.29) is 5.69 Å². The van der Waals surface area contributed by atoms with E-state index in [0.717, 1.165) is 23.2 Å². The van der Waals surface area contributed by atoms with Gasteiger partial charge in [0.15, 0.2) is 5.82 Å². The topological polar surface area (TPSA) is 76.2 Å². The molecular formula is C21H22FN5S. The highest BCUT2D eigenvalue weighted by atomic mass is 32.1. The zero-order valence-electron chi connectivity index (χ0n) is 15.7. The molecule has 2 fully saturated rings. The van der Waals surface area contributed by atoms with Crippen molar-refractivity contribution in [1.82, 2.24) is 15.3 Å². The second-order valence-corrected chi connectivity index (χ2v) is 8.91. The average Bonchev–Trinajstić information content (AvgIpc) is 3.28. The zero-order chi connectivity index (χ0) is 19.3. The Morgan fingerprint density at radius 1 is 1.36 bits per heavy atom. The standard InChI is InChI=1S/C21H22FN5S/c1-24-10-14-6-13(7-16(22)18(14)23)19-25-11-15-8-17(28-20(15)27-19)12-2-5-26-21(9-12)3-4-21/h6-8,10-12,26H,2-5,9,23H2,1H3. The van der Waals surface area contributed by atoms with E-state index < -0.39 is 5.82 Å². The first-order valence-corrected chi connectivity index (χ1v) is 10.4. The van der Waals surface area contributed by atoms with Gasteiger partial charge in [0.25, 0.3) is 0 Å². The van der Waals surface area contributed by atoms with Gasteiger partial charge in [0.05, 0.1) is 5.69 Å². The van der Waals surface area contributed by atoms with Crippen LogP contribution in [0.2, 0.25) is 0 Å². The summed E-state index contributed by atoms with van der Waals surface area (Å²) in [6, 6.07) is 5.40. The second kappa shape index (κ2) is 6.60. The molecule has 144 valence electrons. The highest BCUT2D eigenvalue weighted by molar-refractivity contribution is 7.18. The molecule has 2 aromatic heterocycles. The van der Waals surface area contributed by atoms with Crippen LogP contribution >= 0.6 is 11.3 Å². The van der Waals surface area contributed by atoms with Crippen molar-refractivity contribution >= 4 is 33.5 Å². The lowest BCUT2D eigenvalue weighted by atomic mass is 9.89. The number of nitrogens with one attached hydrogen (secondary N) is 1. The summed E-state index contributed by atoms with van der Waals surface area (Å²) in [7, 11) is 1.63. The number of benzene rings is 1. The lowest BCUT2D eigenvalue weighted by Crippen LogP contribution is -2.39. The van der Waals surface area contributed by atoms with E-state index in [0.29, 0.717) is 28.4 Å². The molecule has 1 aromatic carbocycles. The number of anilines is 1. The Balaban J connectivity index is 1.50. The fourth-order valence-corrected chi connectivity index (χ4v) is 5.28. The number of nitrogen functional groups attached to an aromatic ring is 1. The Morgan fingerprint density at radius 3 is 3.00 bits per heavy atom. The average molecular weight is 396 g/mol. The fraction of sp³-hybridized carbons (Fsp3) is 0.381. The van der Waals surface area contributed by atoms with Gasteiger partial charge in [0.2, 0.25) is 0 Å².